The molecule has 122 valence electrons. The Morgan fingerprint density at radius 2 is 1.17 bits per heavy atom. The third-order valence-corrected chi connectivity index (χ3v) is 4.79. The van der Waals surface area contributed by atoms with E-state index in [0.717, 1.165) is 12.8 Å². The van der Waals surface area contributed by atoms with E-state index in [1.165, 1.54) is 16.7 Å². The first kappa shape index (κ1) is 16.1. The highest BCUT2D eigenvalue weighted by Gasteiger charge is 2.32. The molecule has 0 bridgehead atoms. The summed E-state index contributed by atoms with van der Waals surface area (Å²) < 4.78 is 0. The zero-order valence-electron chi connectivity index (χ0n) is 13.8. The predicted octanol–water partition coefficient (Wildman–Crippen LogP) is 5.04. The molecule has 3 aromatic rings. The minimum Gasteiger partial charge on any atom is -0.508 e. The van der Waals surface area contributed by atoms with Crippen molar-refractivity contribution in [2.75, 3.05) is 0 Å². The summed E-state index contributed by atoms with van der Waals surface area (Å²) in [4.78, 5) is 0. The Balaban J connectivity index is 2.11. The van der Waals surface area contributed by atoms with E-state index < -0.39 is 0 Å². The highest BCUT2D eigenvalue weighted by Crippen LogP contribution is 2.39. The van der Waals surface area contributed by atoms with Crippen molar-refractivity contribution in [3.05, 3.63) is 95.6 Å². The second-order valence-electron chi connectivity index (χ2n) is 6.19. The smallest absolute Gasteiger partial charge is 0.115 e. The lowest BCUT2D eigenvalue weighted by Gasteiger charge is -2.34. The molecule has 2 nitrogen and oxygen atoms in total. The van der Waals surface area contributed by atoms with Crippen molar-refractivity contribution in [1.82, 2.24) is 0 Å². The normalized spacial score (nSPS) is 13.4. The summed E-state index contributed by atoms with van der Waals surface area (Å²) >= 11 is 0. The van der Waals surface area contributed by atoms with Crippen molar-refractivity contribution in [2.45, 2.75) is 25.2 Å². The number of aromatic hydroxyl groups is 2. The molecule has 0 aliphatic rings. The summed E-state index contributed by atoms with van der Waals surface area (Å²) in [6, 6.07) is 25.4. The number of hydrogen-bond acceptors (Lipinski definition) is 2. The van der Waals surface area contributed by atoms with E-state index in [1.807, 2.05) is 30.3 Å². The molecule has 0 spiro atoms. The van der Waals surface area contributed by atoms with Crippen LogP contribution in [0.1, 0.15) is 30.0 Å². The molecular formula is C22H22O2. The highest BCUT2D eigenvalue weighted by molar-refractivity contribution is 5.43. The van der Waals surface area contributed by atoms with E-state index in [-0.39, 0.29) is 16.9 Å². The fourth-order valence-corrected chi connectivity index (χ4v) is 3.40. The Bertz CT molecular complexity index is 776. The maximum atomic E-state index is 9.66. The van der Waals surface area contributed by atoms with E-state index in [1.54, 1.807) is 24.3 Å². The quantitative estimate of drug-likeness (QED) is 0.692. The van der Waals surface area contributed by atoms with Gasteiger partial charge in [-0.25, -0.2) is 0 Å². The van der Waals surface area contributed by atoms with Crippen LogP contribution in [-0.4, -0.2) is 10.2 Å². The summed E-state index contributed by atoms with van der Waals surface area (Å²) in [7, 11) is 0. The third kappa shape index (κ3) is 3.13. The lowest BCUT2D eigenvalue weighted by Crippen LogP contribution is -2.29. The van der Waals surface area contributed by atoms with Crippen molar-refractivity contribution in [3.8, 4) is 11.5 Å². The van der Waals surface area contributed by atoms with Gasteiger partial charge in [0.2, 0.25) is 0 Å². The SMILES string of the molecule is CCC(Cc1ccc(O)cc1)(c1ccccc1)c1ccc(O)cc1. The van der Waals surface area contributed by atoms with Crippen LogP contribution in [0.4, 0.5) is 0 Å². The summed E-state index contributed by atoms with van der Waals surface area (Å²) in [5.74, 6) is 0.562. The second kappa shape index (κ2) is 6.79. The zero-order valence-corrected chi connectivity index (χ0v) is 13.8. The Morgan fingerprint density at radius 1 is 0.667 bits per heavy atom. The first-order valence-corrected chi connectivity index (χ1v) is 8.27. The largest absolute Gasteiger partial charge is 0.508 e. The number of benzene rings is 3. The van der Waals surface area contributed by atoms with Crippen LogP contribution in [0.5, 0.6) is 11.5 Å². The molecule has 0 fully saturated rings. The van der Waals surface area contributed by atoms with Gasteiger partial charge in [0.25, 0.3) is 0 Å². The molecule has 0 amide bonds. The second-order valence-corrected chi connectivity index (χ2v) is 6.19. The van der Waals surface area contributed by atoms with E-state index in [2.05, 4.69) is 31.2 Å². The van der Waals surface area contributed by atoms with Gasteiger partial charge in [-0.1, -0.05) is 61.5 Å². The van der Waals surface area contributed by atoms with Gasteiger partial charge in [-0.3, -0.25) is 0 Å². The Hall–Kier alpha value is -2.74. The molecule has 0 saturated heterocycles. The van der Waals surface area contributed by atoms with E-state index in [0.29, 0.717) is 0 Å². The van der Waals surface area contributed by atoms with Crippen molar-refractivity contribution >= 4 is 0 Å². The maximum absolute atomic E-state index is 9.66. The molecule has 1 atom stereocenters. The van der Waals surface area contributed by atoms with Crippen LogP contribution in [-0.2, 0) is 11.8 Å². The van der Waals surface area contributed by atoms with Crippen molar-refractivity contribution in [1.29, 1.82) is 0 Å². The Labute approximate surface area is 143 Å². The molecule has 0 aromatic heterocycles. The molecule has 0 aliphatic heterocycles. The zero-order chi connectivity index (χ0) is 17.0. The van der Waals surface area contributed by atoms with Gasteiger partial charge in [-0.15, -0.1) is 0 Å². The lowest BCUT2D eigenvalue weighted by atomic mass is 9.68. The molecule has 0 aliphatic carbocycles. The average Bonchev–Trinajstić information content (AvgIpc) is 2.63. The van der Waals surface area contributed by atoms with Crippen LogP contribution in [0, 0.1) is 0 Å². The molecular weight excluding hydrogens is 296 g/mol. The first-order chi connectivity index (χ1) is 11.6. The number of rotatable bonds is 5. The maximum Gasteiger partial charge on any atom is 0.115 e. The third-order valence-electron chi connectivity index (χ3n) is 4.79. The molecule has 0 heterocycles. The number of hydrogen-bond donors (Lipinski definition) is 2. The van der Waals surface area contributed by atoms with Gasteiger partial charge in [-0.2, -0.15) is 0 Å². The minimum atomic E-state index is -0.175. The number of phenolic OH excluding ortho intramolecular Hbond substituents is 2. The van der Waals surface area contributed by atoms with Crippen LogP contribution < -0.4 is 0 Å². The summed E-state index contributed by atoms with van der Waals surface area (Å²) in [5.41, 5.74) is 3.44. The summed E-state index contributed by atoms with van der Waals surface area (Å²) in [5, 5.41) is 19.2. The van der Waals surface area contributed by atoms with Crippen LogP contribution in [0.3, 0.4) is 0 Å². The molecule has 3 aromatic carbocycles. The van der Waals surface area contributed by atoms with Gasteiger partial charge >= 0.3 is 0 Å². The van der Waals surface area contributed by atoms with Gasteiger partial charge in [0.1, 0.15) is 11.5 Å². The van der Waals surface area contributed by atoms with Gasteiger partial charge < -0.3 is 10.2 Å². The van der Waals surface area contributed by atoms with E-state index >= 15 is 0 Å². The molecule has 0 radical (unpaired) electrons. The highest BCUT2D eigenvalue weighted by atomic mass is 16.3. The number of phenols is 2. The fraction of sp³-hybridized carbons (Fsp3) is 0.182. The van der Waals surface area contributed by atoms with Crippen LogP contribution in [0.25, 0.3) is 0 Å². The topological polar surface area (TPSA) is 40.5 Å². The van der Waals surface area contributed by atoms with E-state index in [4.69, 9.17) is 0 Å². The monoisotopic (exact) mass is 318 g/mol. The van der Waals surface area contributed by atoms with Gasteiger partial charge in [0, 0.05) is 5.41 Å². The molecule has 1 unspecified atom stereocenters. The molecule has 0 saturated carbocycles. The first-order valence-electron chi connectivity index (χ1n) is 8.27. The Kier molecular flexibility index (Phi) is 4.57. The van der Waals surface area contributed by atoms with Crippen LogP contribution in [0.15, 0.2) is 78.9 Å². The molecule has 2 heteroatoms. The Morgan fingerprint density at radius 3 is 1.71 bits per heavy atom. The van der Waals surface area contributed by atoms with Crippen LogP contribution in [0.2, 0.25) is 0 Å². The van der Waals surface area contributed by atoms with Gasteiger partial charge in [-0.05, 0) is 53.8 Å². The molecule has 2 N–H and O–H groups in total. The average molecular weight is 318 g/mol. The van der Waals surface area contributed by atoms with Gasteiger partial charge in [0.15, 0.2) is 0 Å². The van der Waals surface area contributed by atoms with Crippen molar-refractivity contribution in [2.24, 2.45) is 0 Å². The molecule has 3 rings (SSSR count). The summed E-state index contributed by atoms with van der Waals surface area (Å²) in [6.07, 6.45) is 1.77. The van der Waals surface area contributed by atoms with Crippen LogP contribution >= 0.6 is 0 Å². The van der Waals surface area contributed by atoms with E-state index in [9.17, 15) is 10.2 Å². The summed E-state index contributed by atoms with van der Waals surface area (Å²) in [6.45, 7) is 2.19. The predicted molar refractivity (Wildman–Crippen MR) is 97.4 cm³/mol. The van der Waals surface area contributed by atoms with Gasteiger partial charge in [0.05, 0.1) is 0 Å². The molecule has 24 heavy (non-hydrogen) atoms. The standard InChI is InChI=1S/C22H22O2/c1-2-22(18-6-4-3-5-7-18,19-10-14-21(24)15-11-19)16-17-8-12-20(23)13-9-17/h3-15,23-24H,2,16H2,1H3. The fourth-order valence-electron chi connectivity index (χ4n) is 3.40. The van der Waals surface area contributed by atoms with Crippen molar-refractivity contribution in [3.63, 3.8) is 0 Å². The minimum absolute atomic E-state index is 0.175. The van der Waals surface area contributed by atoms with Crippen molar-refractivity contribution < 1.29 is 10.2 Å². The lowest BCUT2D eigenvalue weighted by molar-refractivity contribution is 0.467.